The summed E-state index contributed by atoms with van der Waals surface area (Å²) in [5.41, 5.74) is 9.03. The summed E-state index contributed by atoms with van der Waals surface area (Å²) >= 11 is 0. The molecule has 1 saturated carbocycles. The summed E-state index contributed by atoms with van der Waals surface area (Å²) in [6, 6.07) is 15.3. The maximum absolute atomic E-state index is 12.5. The first-order valence-corrected chi connectivity index (χ1v) is 10.4. The second kappa shape index (κ2) is 13.1. The number of halogens is 3. The number of rotatable bonds is 6. The Labute approximate surface area is 204 Å². The van der Waals surface area contributed by atoms with E-state index in [0.717, 1.165) is 25.6 Å². The van der Waals surface area contributed by atoms with Crippen molar-refractivity contribution in [2.75, 3.05) is 43.8 Å². The van der Waals surface area contributed by atoms with Gasteiger partial charge in [0.2, 0.25) is 0 Å². The Balaban J connectivity index is 0.00000160. The Hall–Kier alpha value is -1.50. The van der Waals surface area contributed by atoms with Crippen molar-refractivity contribution >= 4 is 54.5 Å². The van der Waals surface area contributed by atoms with Crippen LogP contribution in [0, 0.1) is 5.92 Å². The molecule has 1 aliphatic heterocycles. The first kappa shape index (κ1) is 27.5. The first-order chi connectivity index (χ1) is 13.7. The lowest BCUT2D eigenvalue weighted by molar-refractivity contribution is 0.102. The predicted molar refractivity (Wildman–Crippen MR) is 136 cm³/mol. The summed E-state index contributed by atoms with van der Waals surface area (Å²) < 4.78 is 0. The molecule has 172 valence electrons. The van der Waals surface area contributed by atoms with Crippen LogP contribution in [0.5, 0.6) is 0 Å². The molecule has 5 nitrogen and oxygen atoms in total. The highest BCUT2D eigenvalue weighted by molar-refractivity contribution is 6.05. The normalized spacial score (nSPS) is 16.8. The van der Waals surface area contributed by atoms with E-state index in [9.17, 15) is 4.79 Å². The topological polar surface area (TPSA) is 61.6 Å². The van der Waals surface area contributed by atoms with Crippen molar-refractivity contribution in [1.82, 2.24) is 9.80 Å². The van der Waals surface area contributed by atoms with Crippen LogP contribution in [-0.4, -0.2) is 48.4 Å². The maximum Gasteiger partial charge on any atom is 0.255 e. The average Bonchev–Trinajstić information content (AvgIpc) is 3.53. The highest BCUT2D eigenvalue weighted by Gasteiger charge is 2.25. The number of hydrogen-bond donors (Lipinski definition) is 2. The van der Waals surface area contributed by atoms with Crippen LogP contribution in [0.2, 0.25) is 0 Å². The Kier molecular flexibility index (Phi) is 11.7. The molecular formula is C23H33Cl3N4O. The smallest absolute Gasteiger partial charge is 0.255 e. The fourth-order valence-corrected chi connectivity index (χ4v) is 3.86. The van der Waals surface area contributed by atoms with E-state index in [1.54, 1.807) is 6.07 Å². The number of nitrogens with zero attached hydrogens (tertiary/aromatic N) is 2. The summed E-state index contributed by atoms with van der Waals surface area (Å²) in [6.45, 7) is 6.93. The molecule has 2 aromatic carbocycles. The van der Waals surface area contributed by atoms with Crippen molar-refractivity contribution in [1.29, 1.82) is 0 Å². The van der Waals surface area contributed by atoms with Crippen molar-refractivity contribution in [2.45, 2.75) is 25.8 Å². The summed E-state index contributed by atoms with van der Waals surface area (Å²) in [5.74, 6) is 0.839. The fourth-order valence-electron chi connectivity index (χ4n) is 3.86. The summed E-state index contributed by atoms with van der Waals surface area (Å²) in [7, 11) is 0. The van der Waals surface area contributed by atoms with Gasteiger partial charge in [0.15, 0.2) is 0 Å². The molecule has 2 aliphatic rings. The van der Waals surface area contributed by atoms with Crippen LogP contribution < -0.4 is 11.1 Å². The van der Waals surface area contributed by atoms with Gasteiger partial charge in [-0.2, -0.15) is 0 Å². The Morgan fingerprint density at radius 3 is 2.23 bits per heavy atom. The number of anilines is 2. The second-order valence-corrected chi connectivity index (χ2v) is 8.11. The SMILES string of the molecule is Cl.Cl.Cl.Nc1ccccc1NC(=O)c1ccc(CN2CCCN(CC3CC3)CC2)cc1. The van der Waals surface area contributed by atoms with Crippen LogP contribution in [-0.2, 0) is 6.54 Å². The first-order valence-electron chi connectivity index (χ1n) is 10.4. The van der Waals surface area contributed by atoms with Crippen LogP contribution in [0.3, 0.4) is 0 Å². The second-order valence-electron chi connectivity index (χ2n) is 8.11. The highest BCUT2D eigenvalue weighted by Crippen LogP contribution is 2.30. The number of carbonyl (C=O) groups is 1. The van der Waals surface area contributed by atoms with Gasteiger partial charge >= 0.3 is 0 Å². The molecule has 0 spiro atoms. The molecule has 0 atom stereocenters. The molecule has 1 aliphatic carbocycles. The zero-order valence-corrected chi connectivity index (χ0v) is 20.1. The molecule has 4 rings (SSSR count). The van der Waals surface area contributed by atoms with E-state index >= 15 is 0 Å². The van der Waals surface area contributed by atoms with E-state index in [0.29, 0.717) is 16.9 Å². The number of carbonyl (C=O) groups excluding carboxylic acids is 1. The predicted octanol–water partition coefficient (Wildman–Crippen LogP) is 4.70. The van der Waals surface area contributed by atoms with Gasteiger partial charge in [-0.1, -0.05) is 24.3 Å². The third-order valence-corrected chi connectivity index (χ3v) is 5.73. The molecule has 2 fully saturated rings. The van der Waals surface area contributed by atoms with Gasteiger partial charge in [0.25, 0.3) is 5.91 Å². The number of nitrogens with one attached hydrogen (secondary N) is 1. The Bertz CT molecular complexity index is 815. The number of nitrogens with two attached hydrogens (primary N) is 1. The van der Waals surface area contributed by atoms with Gasteiger partial charge < -0.3 is 16.0 Å². The van der Waals surface area contributed by atoms with E-state index in [1.807, 2.05) is 30.3 Å². The van der Waals surface area contributed by atoms with Gasteiger partial charge in [0.05, 0.1) is 11.4 Å². The van der Waals surface area contributed by atoms with Gasteiger partial charge in [-0.25, -0.2) is 0 Å². The van der Waals surface area contributed by atoms with Crippen LogP contribution >= 0.6 is 37.2 Å². The molecule has 0 bridgehead atoms. The zero-order valence-electron chi connectivity index (χ0n) is 17.7. The number of benzene rings is 2. The summed E-state index contributed by atoms with van der Waals surface area (Å²) in [6.07, 6.45) is 4.10. The lowest BCUT2D eigenvalue weighted by atomic mass is 10.1. The lowest BCUT2D eigenvalue weighted by Gasteiger charge is -2.21. The maximum atomic E-state index is 12.5. The molecule has 31 heavy (non-hydrogen) atoms. The van der Waals surface area contributed by atoms with E-state index < -0.39 is 0 Å². The summed E-state index contributed by atoms with van der Waals surface area (Å²) in [5, 5.41) is 2.88. The largest absolute Gasteiger partial charge is 0.397 e. The Morgan fingerprint density at radius 2 is 1.55 bits per heavy atom. The number of amides is 1. The van der Waals surface area contributed by atoms with Crippen LogP contribution in [0.15, 0.2) is 48.5 Å². The quantitative estimate of drug-likeness (QED) is 0.580. The fraction of sp³-hybridized carbons (Fsp3) is 0.435. The molecule has 1 amide bonds. The molecular weight excluding hydrogens is 455 g/mol. The molecule has 0 unspecified atom stereocenters. The molecule has 1 saturated heterocycles. The van der Waals surface area contributed by atoms with Crippen LogP contribution in [0.25, 0.3) is 0 Å². The minimum Gasteiger partial charge on any atom is -0.397 e. The van der Waals surface area contributed by atoms with Gasteiger partial charge in [-0.05, 0) is 68.1 Å². The third-order valence-electron chi connectivity index (χ3n) is 5.73. The van der Waals surface area contributed by atoms with Gasteiger partial charge in [0, 0.05) is 31.7 Å². The standard InChI is InChI=1S/C23H30N4O.3ClH/c24-21-4-1-2-5-22(21)25-23(28)20-10-8-19(9-11-20)17-27-13-3-12-26(14-15-27)16-18-6-7-18;;;/h1-2,4-5,8-11,18H,3,6-7,12-17,24H2,(H,25,28);3*1H. The van der Waals surface area contributed by atoms with E-state index in [1.165, 1.54) is 44.5 Å². The van der Waals surface area contributed by atoms with Crippen molar-refractivity contribution in [3.05, 3.63) is 59.7 Å². The molecule has 0 radical (unpaired) electrons. The number of nitrogen functional groups attached to an aromatic ring is 1. The van der Waals surface area contributed by atoms with Crippen molar-refractivity contribution < 1.29 is 4.79 Å². The van der Waals surface area contributed by atoms with Gasteiger partial charge in [0.1, 0.15) is 0 Å². The molecule has 2 aromatic rings. The average molecular weight is 488 g/mol. The van der Waals surface area contributed by atoms with E-state index in [2.05, 4.69) is 27.2 Å². The van der Waals surface area contributed by atoms with Crippen molar-refractivity contribution in [2.24, 2.45) is 5.92 Å². The van der Waals surface area contributed by atoms with Crippen LogP contribution in [0.4, 0.5) is 11.4 Å². The van der Waals surface area contributed by atoms with E-state index in [4.69, 9.17) is 5.73 Å². The minimum atomic E-state index is -0.130. The molecule has 1 heterocycles. The molecule has 3 N–H and O–H groups in total. The van der Waals surface area contributed by atoms with Crippen LogP contribution in [0.1, 0.15) is 35.2 Å². The summed E-state index contributed by atoms with van der Waals surface area (Å²) in [4.78, 5) is 17.6. The van der Waals surface area contributed by atoms with Gasteiger partial charge in [-0.15, -0.1) is 37.2 Å². The monoisotopic (exact) mass is 486 g/mol. The number of hydrogen-bond acceptors (Lipinski definition) is 4. The number of para-hydroxylation sites is 2. The minimum absolute atomic E-state index is 0. The lowest BCUT2D eigenvalue weighted by Crippen LogP contribution is -2.31. The van der Waals surface area contributed by atoms with Crippen molar-refractivity contribution in [3.63, 3.8) is 0 Å². The zero-order chi connectivity index (χ0) is 19.3. The van der Waals surface area contributed by atoms with Crippen molar-refractivity contribution in [3.8, 4) is 0 Å². The highest BCUT2D eigenvalue weighted by atomic mass is 35.5. The molecule has 8 heteroatoms. The third kappa shape index (κ3) is 8.17. The van der Waals surface area contributed by atoms with Gasteiger partial charge in [-0.3, -0.25) is 9.69 Å². The van der Waals surface area contributed by atoms with E-state index in [-0.39, 0.29) is 43.1 Å². The molecule has 0 aromatic heterocycles. The Morgan fingerprint density at radius 1 is 0.903 bits per heavy atom.